The lowest BCUT2D eigenvalue weighted by atomic mass is 10.1. The Balaban J connectivity index is 2.34. The molecule has 74 valence electrons. The summed E-state index contributed by atoms with van der Waals surface area (Å²) in [5.74, 6) is 1.71. The minimum Gasteiger partial charge on any atom is -0.497 e. The monoisotopic (exact) mass is 190 g/mol. The van der Waals surface area contributed by atoms with E-state index in [-0.39, 0.29) is 0 Å². The van der Waals surface area contributed by atoms with E-state index in [9.17, 15) is 0 Å². The van der Waals surface area contributed by atoms with Gasteiger partial charge in [0.05, 0.1) is 14.2 Å². The number of benzene rings is 1. The molecular formula is C12H14O2. The number of hydrogen-bond donors (Lipinski definition) is 0. The smallest absolute Gasteiger partial charge is 0.129 e. The Morgan fingerprint density at radius 3 is 2.50 bits per heavy atom. The Kier molecular flexibility index (Phi) is 2.44. The van der Waals surface area contributed by atoms with Crippen LogP contribution in [0.3, 0.4) is 0 Å². The molecular weight excluding hydrogens is 176 g/mol. The molecule has 0 radical (unpaired) electrons. The zero-order valence-electron chi connectivity index (χ0n) is 8.54. The summed E-state index contributed by atoms with van der Waals surface area (Å²) in [5.41, 5.74) is 2.63. The minimum absolute atomic E-state index is 0.833. The van der Waals surface area contributed by atoms with Gasteiger partial charge in [-0.3, -0.25) is 0 Å². The molecule has 0 atom stereocenters. The van der Waals surface area contributed by atoms with E-state index in [1.165, 1.54) is 18.4 Å². The summed E-state index contributed by atoms with van der Waals surface area (Å²) in [6.07, 6.45) is 4.66. The molecule has 0 N–H and O–H groups in total. The van der Waals surface area contributed by atoms with E-state index in [1.54, 1.807) is 14.2 Å². The zero-order chi connectivity index (χ0) is 9.97. The first-order chi connectivity index (χ1) is 6.83. The molecule has 0 heterocycles. The minimum atomic E-state index is 0.833. The summed E-state index contributed by atoms with van der Waals surface area (Å²) in [6.45, 7) is 0. The summed E-state index contributed by atoms with van der Waals surface area (Å²) in [7, 11) is 3.34. The van der Waals surface area contributed by atoms with Crippen molar-refractivity contribution in [2.75, 3.05) is 14.2 Å². The Morgan fingerprint density at radius 1 is 1.14 bits per heavy atom. The molecule has 0 bridgehead atoms. The molecule has 0 spiro atoms. The molecule has 0 aliphatic heterocycles. The maximum Gasteiger partial charge on any atom is 0.129 e. The number of rotatable bonds is 3. The average Bonchev–Trinajstić information content (AvgIpc) is 3.02. The zero-order valence-corrected chi connectivity index (χ0v) is 8.54. The quantitative estimate of drug-likeness (QED) is 0.729. The summed E-state index contributed by atoms with van der Waals surface area (Å²) < 4.78 is 10.4. The lowest BCUT2D eigenvalue weighted by Gasteiger charge is -2.06. The van der Waals surface area contributed by atoms with E-state index < -0.39 is 0 Å². The van der Waals surface area contributed by atoms with Crippen LogP contribution in [0.2, 0.25) is 0 Å². The maximum atomic E-state index is 5.29. The van der Waals surface area contributed by atoms with Crippen molar-refractivity contribution in [3.05, 3.63) is 29.3 Å². The van der Waals surface area contributed by atoms with Crippen molar-refractivity contribution in [1.29, 1.82) is 0 Å². The second kappa shape index (κ2) is 3.74. The van der Waals surface area contributed by atoms with Gasteiger partial charge in [0.25, 0.3) is 0 Å². The van der Waals surface area contributed by atoms with Gasteiger partial charge in [-0.2, -0.15) is 0 Å². The van der Waals surface area contributed by atoms with E-state index in [0.29, 0.717) is 0 Å². The van der Waals surface area contributed by atoms with Crippen molar-refractivity contribution in [3.8, 4) is 11.5 Å². The summed E-state index contributed by atoms with van der Waals surface area (Å²) >= 11 is 0. The third-order valence-electron chi connectivity index (χ3n) is 2.34. The Labute approximate surface area is 84.2 Å². The Bertz CT molecular complexity index is 361. The van der Waals surface area contributed by atoms with Crippen LogP contribution in [-0.2, 0) is 0 Å². The molecule has 0 aromatic heterocycles. The van der Waals surface area contributed by atoms with Crippen molar-refractivity contribution in [3.63, 3.8) is 0 Å². The van der Waals surface area contributed by atoms with E-state index >= 15 is 0 Å². The van der Waals surface area contributed by atoms with Crippen LogP contribution in [0.4, 0.5) is 0 Å². The van der Waals surface area contributed by atoms with Crippen molar-refractivity contribution in [2.24, 2.45) is 0 Å². The number of allylic oxidation sites excluding steroid dienone is 1. The number of ether oxygens (including phenoxy) is 2. The maximum absolute atomic E-state index is 5.29. The van der Waals surface area contributed by atoms with Gasteiger partial charge in [0, 0.05) is 11.6 Å². The fraction of sp³-hybridized carbons (Fsp3) is 0.333. The van der Waals surface area contributed by atoms with Gasteiger partial charge in [0.2, 0.25) is 0 Å². The lowest BCUT2D eigenvalue weighted by Crippen LogP contribution is -1.89. The van der Waals surface area contributed by atoms with Gasteiger partial charge in [0.1, 0.15) is 11.5 Å². The normalized spacial score (nSPS) is 13.7. The number of hydrogen-bond acceptors (Lipinski definition) is 2. The van der Waals surface area contributed by atoms with Gasteiger partial charge >= 0.3 is 0 Å². The van der Waals surface area contributed by atoms with Gasteiger partial charge in [0.15, 0.2) is 0 Å². The predicted octanol–water partition coefficient (Wildman–Crippen LogP) is 2.88. The van der Waals surface area contributed by atoms with E-state index in [1.807, 2.05) is 18.2 Å². The third kappa shape index (κ3) is 1.90. The average molecular weight is 190 g/mol. The molecule has 1 saturated carbocycles. The molecule has 1 aliphatic carbocycles. The molecule has 2 heteroatoms. The third-order valence-corrected chi connectivity index (χ3v) is 2.34. The van der Waals surface area contributed by atoms with Crippen molar-refractivity contribution >= 4 is 6.08 Å². The summed E-state index contributed by atoms with van der Waals surface area (Å²) in [4.78, 5) is 0. The first-order valence-corrected chi connectivity index (χ1v) is 4.75. The summed E-state index contributed by atoms with van der Waals surface area (Å²) in [5, 5.41) is 0. The standard InChI is InChI=1S/C12H14O2/c1-13-11-6-5-10(7-9-3-4-9)12(8-11)14-2/h5-8H,3-4H2,1-2H3. The first-order valence-electron chi connectivity index (χ1n) is 4.75. The second-order valence-corrected chi connectivity index (χ2v) is 3.41. The highest BCUT2D eigenvalue weighted by Crippen LogP contribution is 2.34. The molecule has 0 unspecified atom stereocenters. The van der Waals surface area contributed by atoms with Crippen molar-refractivity contribution in [2.45, 2.75) is 12.8 Å². The van der Waals surface area contributed by atoms with Gasteiger partial charge in [-0.1, -0.05) is 11.6 Å². The van der Waals surface area contributed by atoms with Crippen LogP contribution in [0.5, 0.6) is 11.5 Å². The topological polar surface area (TPSA) is 18.5 Å². The van der Waals surface area contributed by atoms with Gasteiger partial charge in [-0.25, -0.2) is 0 Å². The molecule has 1 aromatic rings. The molecule has 1 aliphatic rings. The van der Waals surface area contributed by atoms with Crippen LogP contribution < -0.4 is 9.47 Å². The fourth-order valence-corrected chi connectivity index (χ4v) is 1.37. The first kappa shape index (κ1) is 9.13. The molecule has 0 amide bonds. The highest BCUT2D eigenvalue weighted by Gasteiger charge is 2.12. The highest BCUT2D eigenvalue weighted by molar-refractivity contribution is 5.63. The van der Waals surface area contributed by atoms with Crippen LogP contribution >= 0.6 is 0 Å². The second-order valence-electron chi connectivity index (χ2n) is 3.41. The van der Waals surface area contributed by atoms with Gasteiger partial charge in [-0.05, 0) is 25.0 Å². The molecule has 14 heavy (non-hydrogen) atoms. The highest BCUT2D eigenvalue weighted by atomic mass is 16.5. The fourth-order valence-electron chi connectivity index (χ4n) is 1.37. The Hall–Kier alpha value is -1.44. The van der Waals surface area contributed by atoms with Crippen LogP contribution in [0.15, 0.2) is 23.8 Å². The van der Waals surface area contributed by atoms with Crippen LogP contribution in [0.1, 0.15) is 18.4 Å². The van der Waals surface area contributed by atoms with Crippen molar-refractivity contribution in [1.82, 2.24) is 0 Å². The van der Waals surface area contributed by atoms with Crippen LogP contribution in [0.25, 0.3) is 6.08 Å². The molecule has 2 nitrogen and oxygen atoms in total. The van der Waals surface area contributed by atoms with Crippen LogP contribution in [-0.4, -0.2) is 14.2 Å². The Morgan fingerprint density at radius 2 is 1.93 bits per heavy atom. The van der Waals surface area contributed by atoms with E-state index in [0.717, 1.165) is 17.1 Å². The van der Waals surface area contributed by atoms with Gasteiger partial charge < -0.3 is 9.47 Å². The lowest BCUT2D eigenvalue weighted by molar-refractivity contribution is 0.393. The SMILES string of the molecule is COc1ccc(C=C2CC2)c(OC)c1. The molecule has 1 fully saturated rings. The van der Waals surface area contributed by atoms with E-state index in [2.05, 4.69) is 6.08 Å². The molecule has 1 aromatic carbocycles. The predicted molar refractivity (Wildman–Crippen MR) is 56.8 cm³/mol. The largest absolute Gasteiger partial charge is 0.497 e. The molecule has 2 rings (SSSR count). The van der Waals surface area contributed by atoms with Crippen LogP contribution in [0, 0.1) is 0 Å². The summed E-state index contributed by atoms with van der Waals surface area (Å²) in [6, 6.07) is 5.90. The van der Waals surface area contributed by atoms with E-state index in [4.69, 9.17) is 9.47 Å². The molecule has 0 saturated heterocycles. The van der Waals surface area contributed by atoms with Gasteiger partial charge in [-0.15, -0.1) is 0 Å². The number of methoxy groups -OCH3 is 2. The van der Waals surface area contributed by atoms with Crippen molar-refractivity contribution < 1.29 is 9.47 Å².